The first-order valence-electron chi connectivity index (χ1n) is 6.45. The van der Waals surface area contributed by atoms with E-state index in [1.54, 1.807) is 0 Å². The van der Waals surface area contributed by atoms with Gasteiger partial charge in [0.25, 0.3) is 0 Å². The van der Waals surface area contributed by atoms with Gasteiger partial charge in [-0.25, -0.2) is 4.79 Å². The van der Waals surface area contributed by atoms with Crippen molar-refractivity contribution in [3.05, 3.63) is 54.6 Å². The van der Waals surface area contributed by atoms with Gasteiger partial charge >= 0.3 is 6.03 Å². The summed E-state index contributed by atoms with van der Waals surface area (Å²) in [4.78, 5) is 11.9. The molecule has 2 rings (SSSR count). The second-order valence-electron chi connectivity index (χ2n) is 4.21. The Bertz CT molecular complexity index is 557. The minimum Gasteiger partial charge on any atom is -0.382 e. The van der Waals surface area contributed by atoms with Crippen LogP contribution in [0.2, 0.25) is 0 Å². The third-order valence-electron chi connectivity index (χ3n) is 2.67. The van der Waals surface area contributed by atoms with Crippen molar-refractivity contribution in [3.63, 3.8) is 0 Å². The Kier molecular flexibility index (Phi) is 4.97. The topological polar surface area (TPSA) is 79.2 Å². The highest BCUT2D eigenvalue weighted by Gasteiger charge is 2.05. The third-order valence-corrected chi connectivity index (χ3v) is 2.67. The molecule has 0 bridgehead atoms. The number of benzene rings is 2. The number of para-hydroxylation sites is 3. The lowest BCUT2D eigenvalue weighted by Crippen LogP contribution is -2.21. The predicted molar refractivity (Wildman–Crippen MR) is 83.1 cm³/mol. The lowest BCUT2D eigenvalue weighted by Gasteiger charge is -2.13. The Morgan fingerprint density at radius 1 is 0.900 bits per heavy atom. The van der Waals surface area contributed by atoms with Gasteiger partial charge in [-0.15, -0.1) is 0 Å². The van der Waals surface area contributed by atoms with E-state index in [1.807, 2.05) is 54.6 Å². The molecule has 0 fully saturated rings. The minimum atomic E-state index is -0.279. The lowest BCUT2D eigenvalue weighted by atomic mass is 10.2. The number of amides is 2. The van der Waals surface area contributed by atoms with Gasteiger partial charge in [-0.05, 0) is 24.3 Å². The number of hydrogen-bond acceptors (Lipinski definition) is 3. The third kappa shape index (κ3) is 4.00. The molecule has 5 N–H and O–H groups in total. The van der Waals surface area contributed by atoms with Crippen molar-refractivity contribution in [2.24, 2.45) is 5.73 Å². The van der Waals surface area contributed by atoms with Gasteiger partial charge in [0.15, 0.2) is 0 Å². The van der Waals surface area contributed by atoms with Crippen molar-refractivity contribution in [1.82, 2.24) is 0 Å². The molecule has 104 valence electrons. The largest absolute Gasteiger partial charge is 0.382 e. The summed E-state index contributed by atoms with van der Waals surface area (Å²) in [7, 11) is 0. The molecule has 0 aromatic heterocycles. The molecule has 2 aromatic carbocycles. The Hall–Kier alpha value is -2.53. The molecular weight excluding hydrogens is 252 g/mol. The van der Waals surface area contributed by atoms with Crippen LogP contribution in [-0.2, 0) is 0 Å². The molecule has 0 aliphatic carbocycles. The fraction of sp³-hybridized carbons (Fsp3) is 0.133. The SMILES string of the molecule is NCCNc1ccccc1NC(=O)Nc1ccccc1. The van der Waals surface area contributed by atoms with Gasteiger partial charge in [-0.2, -0.15) is 0 Å². The summed E-state index contributed by atoms with van der Waals surface area (Å²) in [5.41, 5.74) is 7.78. The normalized spacial score (nSPS) is 9.85. The fourth-order valence-corrected chi connectivity index (χ4v) is 1.76. The van der Waals surface area contributed by atoms with Crippen molar-refractivity contribution >= 4 is 23.1 Å². The van der Waals surface area contributed by atoms with E-state index in [0.717, 1.165) is 17.1 Å². The van der Waals surface area contributed by atoms with Gasteiger partial charge in [0.2, 0.25) is 0 Å². The molecule has 0 saturated heterocycles. The van der Waals surface area contributed by atoms with Crippen molar-refractivity contribution in [3.8, 4) is 0 Å². The number of urea groups is 1. The molecule has 2 amide bonds. The molecule has 2 aromatic rings. The fourth-order valence-electron chi connectivity index (χ4n) is 1.76. The maximum Gasteiger partial charge on any atom is 0.323 e. The van der Waals surface area contributed by atoms with Crippen LogP contribution in [0.15, 0.2) is 54.6 Å². The van der Waals surface area contributed by atoms with Crippen LogP contribution in [-0.4, -0.2) is 19.1 Å². The smallest absolute Gasteiger partial charge is 0.323 e. The minimum absolute atomic E-state index is 0.279. The average Bonchev–Trinajstić information content (AvgIpc) is 2.47. The van der Waals surface area contributed by atoms with Crippen molar-refractivity contribution < 1.29 is 4.79 Å². The molecule has 0 saturated carbocycles. The number of anilines is 3. The monoisotopic (exact) mass is 270 g/mol. The van der Waals surface area contributed by atoms with Gasteiger partial charge in [0.1, 0.15) is 0 Å². The van der Waals surface area contributed by atoms with Crippen LogP contribution in [0.4, 0.5) is 21.9 Å². The van der Waals surface area contributed by atoms with Crippen LogP contribution in [0.1, 0.15) is 0 Å². The quantitative estimate of drug-likeness (QED) is 0.674. The van der Waals surface area contributed by atoms with Gasteiger partial charge in [-0.1, -0.05) is 30.3 Å². The van der Waals surface area contributed by atoms with Gasteiger partial charge < -0.3 is 21.7 Å². The molecule has 0 unspecified atom stereocenters. The number of nitrogens with one attached hydrogen (secondary N) is 3. The van der Waals surface area contributed by atoms with E-state index in [4.69, 9.17) is 5.73 Å². The van der Waals surface area contributed by atoms with E-state index in [9.17, 15) is 4.79 Å². The first-order valence-corrected chi connectivity index (χ1v) is 6.45. The Balaban J connectivity index is 2.00. The summed E-state index contributed by atoms with van der Waals surface area (Å²) in [6.07, 6.45) is 0. The Morgan fingerprint density at radius 3 is 2.25 bits per heavy atom. The van der Waals surface area contributed by atoms with E-state index >= 15 is 0 Å². The Morgan fingerprint density at radius 2 is 1.55 bits per heavy atom. The highest BCUT2D eigenvalue weighted by Crippen LogP contribution is 2.20. The predicted octanol–water partition coefficient (Wildman–Crippen LogP) is 2.70. The summed E-state index contributed by atoms with van der Waals surface area (Å²) >= 11 is 0. The zero-order valence-corrected chi connectivity index (χ0v) is 11.1. The number of rotatable bonds is 5. The molecule has 5 nitrogen and oxygen atoms in total. The van der Waals surface area contributed by atoms with Crippen molar-refractivity contribution in [2.45, 2.75) is 0 Å². The van der Waals surface area contributed by atoms with Crippen LogP contribution in [0.25, 0.3) is 0 Å². The highest BCUT2D eigenvalue weighted by atomic mass is 16.2. The van der Waals surface area contributed by atoms with Crippen molar-refractivity contribution in [1.29, 1.82) is 0 Å². The summed E-state index contributed by atoms with van der Waals surface area (Å²) in [5, 5.41) is 8.75. The molecule has 5 heteroatoms. The molecule has 0 heterocycles. The van der Waals surface area contributed by atoms with E-state index in [2.05, 4.69) is 16.0 Å². The summed E-state index contributed by atoms with van der Waals surface area (Å²) in [5.74, 6) is 0. The van der Waals surface area contributed by atoms with Crippen LogP contribution in [0.5, 0.6) is 0 Å². The van der Waals surface area contributed by atoms with Crippen LogP contribution < -0.4 is 21.7 Å². The summed E-state index contributed by atoms with van der Waals surface area (Å²) in [6, 6.07) is 16.5. The first-order chi connectivity index (χ1) is 9.79. The molecule has 0 radical (unpaired) electrons. The number of carbonyl (C=O) groups excluding carboxylic acids is 1. The zero-order valence-electron chi connectivity index (χ0n) is 11.1. The summed E-state index contributed by atoms with van der Waals surface area (Å²) in [6.45, 7) is 1.18. The number of hydrogen-bond donors (Lipinski definition) is 4. The maximum absolute atomic E-state index is 11.9. The molecule has 0 aliphatic heterocycles. The first kappa shape index (κ1) is 13.9. The molecule has 0 aliphatic rings. The highest BCUT2D eigenvalue weighted by molar-refractivity contribution is 6.01. The van der Waals surface area contributed by atoms with Crippen LogP contribution in [0.3, 0.4) is 0 Å². The van der Waals surface area contributed by atoms with E-state index in [-0.39, 0.29) is 6.03 Å². The average molecular weight is 270 g/mol. The molecule has 20 heavy (non-hydrogen) atoms. The lowest BCUT2D eigenvalue weighted by molar-refractivity contribution is 0.262. The second kappa shape index (κ2) is 7.16. The summed E-state index contributed by atoms with van der Waals surface area (Å²) < 4.78 is 0. The van der Waals surface area contributed by atoms with E-state index in [0.29, 0.717) is 13.1 Å². The van der Waals surface area contributed by atoms with Crippen LogP contribution in [0, 0.1) is 0 Å². The van der Waals surface area contributed by atoms with Gasteiger partial charge in [-0.3, -0.25) is 0 Å². The molecule has 0 spiro atoms. The number of carbonyl (C=O) groups is 1. The van der Waals surface area contributed by atoms with E-state index in [1.165, 1.54) is 0 Å². The maximum atomic E-state index is 11.9. The number of nitrogens with two attached hydrogens (primary N) is 1. The van der Waals surface area contributed by atoms with Gasteiger partial charge in [0.05, 0.1) is 11.4 Å². The van der Waals surface area contributed by atoms with Crippen molar-refractivity contribution in [2.75, 3.05) is 29.0 Å². The van der Waals surface area contributed by atoms with Crippen LogP contribution >= 0.6 is 0 Å². The van der Waals surface area contributed by atoms with Gasteiger partial charge in [0, 0.05) is 18.8 Å². The standard InChI is InChI=1S/C15H18N4O/c16-10-11-17-13-8-4-5-9-14(13)19-15(20)18-12-6-2-1-3-7-12/h1-9,17H,10-11,16H2,(H2,18,19,20). The zero-order chi connectivity index (χ0) is 14.2. The molecule has 0 atom stereocenters. The Labute approximate surface area is 118 Å². The molecular formula is C15H18N4O. The second-order valence-corrected chi connectivity index (χ2v) is 4.21. The van der Waals surface area contributed by atoms with E-state index < -0.39 is 0 Å².